The number of hydrogen-bond acceptors (Lipinski definition) is 3. The van der Waals surface area contributed by atoms with Gasteiger partial charge in [0, 0.05) is 25.2 Å². The van der Waals surface area contributed by atoms with Crippen molar-refractivity contribution in [2.45, 2.75) is 6.92 Å². The lowest BCUT2D eigenvalue weighted by atomic mass is 10.2. The first-order valence-corrected chi connectivity index (χ1v) is 4.02. The summed E-state index contributed by atoms with van der Waals surface area (Å²) in [6, 6.07) is 0. The Hall–Kier alpha value is -1.91. The zero-order valence-corrected chi connectivity index (χ0v) is 8.07. The molecule has 1 N–H and O–H groups in total. The summed E-state index contributed by atoms with van der Waals surface area (Å²) in [6.45, 7) is 5.04. The molecule has 5 heteroatoms. The standard InChI is InChI=1S/C9H11N3O2/c1-4-10-5-7-6(2)11-9(14)12(3)8(7)13/h4-5H,1H2,2-3H3,(H,11,14). The molecule has 0 unspecified atom stereocenters. The van der Waals surface area contributed by atoms with Crippen LogP contribution >= 0.6 is 0 Å². The van der Waals surface area contributed by atoms with Gasteiger partial charge in [-0.25, -0.2) is 4.79 Å². The van der Waals surface area contributed by atoms with Gasteiger partial charge in [0.05, 0.1) is 5.56 Å². The average molecular weight is 193 g/mol. The van der Waals surface area contributed by atoms with Crippen LogP contribution in [0.25, 0.3) is 0 Å². The van der Waals surface area contributed by atoms with Crippen LogP contribution in [-0.2, 0) is 7.05 Å². The fourth-order valence-electron chi connectivity index (χ4n) is 1.02. The lowest BCUT2D eigenvalue weighted by Gasteiger charge is -2.01. The molecule has 1 aromatic rings. The van der Waals surface area contributed by atoms with Crippen molar-refractivity contribution in [2.24, 2.45) is 12.0 Å². The van der Waals surface area contributed by atoms with Crippen LogP contribution in [-0.4, -0.2) is 15.8 Å². The lowest BCUT2D eigenvalue weighted by Crippen LogP contribution is -2.35. The van der Waals surface area contributed by atoms with Crippen molar-refractivity contribution in [1.82, 2.24) is 9.55 Å². The largest absolute Gasteiger partial charge is 0.328 e. The van der Waals surface area contributed by atoms with Crippen molar-refractivity contribution in [3.05, 3.63) is 44.9 Å². The van der Waals surface area contributed by atoms with Crippen molar-refractivity contribution in [3.8, 4) is 0 Å². The molecule has 0 fully saturated rings. The zero-order valence-electron chi connectivity index (χ0n) is 8.07. The molecule has 0 radical (unpaired) electrons. The van der Waals surface area contributed by atoms with Gasteiger partial charge in [0.2, 0.25) is 0 Å². The highest BCUT2D eigenvalue weighted by atomic mass is 16.2. The molecule has 0 aromatic carbocycles. The van der Waals surface area contributed by atoms with E-state index < -0.39 is 5.69 Å². The Morgan fingerprint density at radius 3 is 2.71 bits per heavy atom. The van der Waals surface area contributed by atoms with Crippen molar-refractivity contribution >= 4 is 6.21 Å². The molecule has 0 atom stereocenters. The summed E-state index contributed by atoms with van der Waals surface area (Å²) in [5.41, 5.74) is 0.0794. The minimum atomic E-state index is -0.428. The smallest absolute Gasteiger partial charge is 0.311 e. The maximum absolute atomic E-state index is 11.5. The molecule has 0 aliphatic carbocycles. The Morgan fingerprint density at radius 2 is 2.14 bits per heavy atom. The first kappa shape index (κ1) is 10.2. The first-order chi connectivity index (χ1) is 6.57. The minimum absolute atomic E-state index is 0.364. The van der Waals surface area contributed by atoms with Gasteiger partial charge in [-0.15, -0.1) is 0 Å². The van der Waals surface area contributed by atoms with Crippen LogP contribution in [0.5, 0.6) is 0 Å². The molecule has 74 valence electrons. The summed E-state index contributed by atoms with van der Waals surface area (Å²) in [6.07, 6.45) is 2.70. The first-order valence-electron chi connectivity index (χ1n) is 4.02. The maximum Gasteiger partial charge on any atom is 0.328 e. The van der Waals surface area contributed by atoms with Gasteiger partial charge in [-0.1, -0.05) is 6.58 Å². The second-order valence-electron chi connectivity index (χ2n) is 2.79. The quantitative estimate of drug-likeness (QED) is 0.669. The summed E-state index contributed by atoms with van der Waals surface area (Å²) in [5.74, 6) is 0. The van der Waals surface area contributed by atoms with Crippen LogP contribution in [0.2, 0.25) is 0 Å². The van der Waals surface area contributed by atoms with Crippen LogP contribution in [0.15, 0.2) is 27.4 Å². The molecule has 0 amide bonds. The Kier molecular flexibility index (Phi) is 2.81. The van der Waals surface area contributed by atoms with Gasteiger partial charge < -0.3 is 4.98 Å². The second-order valence-corrected chi connectivity index (χ2v) is 2.79. The molecule has 0 aliphatic heterocycles. The van der Waals surface area contributed by atoms with E-state index in [1.807, 2.05) is 0 Å². The second kappa shape index (κ2) is 3.87. The third-order valence-electron chi connectivity index (χ3n) is 1.85. The average Bonchev–Trinajstić information content (AvgIpc) is 2.14. The van der Waals surface area contributed by atoms with Crippen molar-refractivity contribution < 1.29 is 0 Å². The molecular formula is C9H11N3O2. The summed E-state index contributed by atoms with van der Waals surface area (Å²) in [7, 11) is 1.41. The van der Waals surface area contributed by atoms with E-state index in [2.05, 4.69) is 16.6 Å². The van der Waals surface area contributed by atoms with Crippen LogP contribution < -0.4 is 11.2 Å². The van der Waals surface area contributed by atoms with Crippen LogP contribution in [0.4, 0.5) is 0 Å². The van der Waals surface area contributed by atoms with E-state index >= 15 is 0 Å². The number of hydrogen-bond donors (Lipinski definition) is 1. The minimum Gasteiger partial charge on any atom is -0.311 e. The van der Waals surface area contributed by atoms with Gasteiger partial charge in [-0.05, 0) is 6.92 Å². The highest BCUT2D eigenvalue weighted by Gasteiger charge is 2.05. The van der Waals surface area contributed by atoms with E-state index in [9.17, 15) is 9.59 Å². The number of nitrogens with zero attached hydrogens (tertiary/aromatic N) is 2. The van der Waals surface area contributed by atoms with Crippen molar-refractivity contribution in [3.63, 3.8) is 0 Å². The molecule has 0 saturated heterocycles. The lowest BCUT2D eigenvalue weighted by molar-refractivity contribution is 0.763. The van der Waals surface area contributed by atoms with Crippen LogP contribution in [0.3, 0.4) is 0 Å². The molecule has 0 spiro atoms. The molecule has 5 nitrogen and oxygen atoms in total. The van der Waals surface area contributed by atoms with Gasteiger partial charge in [-0.3, -0.25) is 14.4 Å². The number of aromatic amines is 1. The number of aliphatic imine (C=N–C) groups is 1. The fraction of sp³-hybridized carbons (Fsp3) is 0.222. The molecule has 0 saturated carbocycles. The maximum atomic E-state index is 11.5. The fourth-order valence-corrected chi connectivity index (χ4v) is 1.02. The van der Waals surface area contributed by atoms with E-state index in [4.69, 9.17) is 0 Å². The number of aromatic nitrogens is 2. The molecule has 1 heterocycles. The third kappa shape index (κ3) is 1.71. The predicted molar refractivity (Wildman–Crippen MR) is 54.8 cm³/mol. The normalized spacial score (nSPS) is 10.7. The Labute approximate surface area is 80.4 Å². The third-order valence-corrected chi connectivity index (χ3v) is 1.85. The van der Waals surface area contributed by atoms with Gasteiger partial charge in [0.25, 0.3) is 5.56 Å². The predicted octanol–water partition coefficient (Wildman–Crippen LogP) is -0.0556. The highest BCUT2D eigenvalue weighted by Crippen LogP contribution is 1.91. The highest BCUT2D eigenvalue weighted by molar-refractivity contribution is 5.80. The molecule has 0 bridgehead atoms. The van der Waals surface area contributed by atoms with E-state index in [1.54, 1.807) is 6.92 Å². The summed E-state index contributed by atoms with van der Waals surface area (Å²) < 4.78 is 0.997. The van der Waals surface area contributed by atoms with Gasteiger partial charge in [-0.2, -0.15) is 0 Å². The Morgan fingerprint density at radius 1 is 1.50 bits per heavy atom. The van der Waals surface area contributed by atoms with Gasteiger partial charge in [0.15, 0.2) is 0 Å². The topological polar surface area (TPSA) is 67.2 Å². The monoisotopic (exact) mass is 193 g/mol. The van der Waals surface area contributed by atoms with Gasteiger partial charge >= 0.3 is 5.69 Å². The van der Waals surface area contributed by atoms with Crippen LogP contribution in [0.1, 0.15) is 11.3 Å². The number of aryl methyl sites for hydroxylation is 1. The van der Waals surface area contributed by atoms with E-state index in [-0.39, 0.29) is 5.56 Å². The molecular weight excluding hydrogens is 182 g/mol. The molecule has 1 aromatic heterocycles. The Bertz CT molecular complexity index is 494. The van der Waals surface area contributed by atoms with Gasteiger partial charge in [0.1, 0.15) is 0 Å². The number of nitrogens with one attached hydrogen (secondary N) is 1. The Balaban J connectivity index is 3.52. The molecule has 1 rings (SSSR count). The summed E-state index contributed by atoms with van der Waals surface area (Å²) in [5, 5.41) is 0. The number of H-pyrrole nitrogens is 1. The van der Waals surface area contributed by atoms with Crippen LogP contribution in [0, 0.1) is 6.92 Å². The summed E-state index contributed by atoms with van der Waals surface area (Å²) >= 11 is 0. The van der Waals surface area contributed by atoms with E-state index in [1.165, 1.54) is 19.5 Å². The summed E-state index contributed by atoms with van der Waals surface area (Å²) in [4.78, 5) is 28.9. The molecule has 14 heavy (non-hydrogen) atoms. The van der Waals surface area contributed by atoms with E-state index in [0.717, 1.165) is 4.57 Å². The van der Waals surface area contributed by atoms with Crippen molar-refractivity contribution in [2.75, 3.05) is 0 Å². The SMILES string of the molecule is C=CN=Cc1c(C)[nH]c(=O)n(C)c1=O. The molecule has 0 aliphatic rings. The zero-order chi connectivity index (χ0) is 10.7. The number of rotatable bonds is 2. The van der Waals surface area contributed by atoms with Crippen molar-refractivity contribution in [1.29, 1.82) is 0 Å². The van der Waals surface area contributed by atoms with E-state index in [0.29, 0.717) is 11.3 Å².